The first-order valence-electron chi connectivity index (χ1n) is 9.31. The van der Waals surface area contributed by atoms with Gasteiger partial charge in [0.25, 0.3) is 5.91 Å². The van der Waals surface area contributed by atoms with Crippen LogP contribution >= 0.6 is 11.8 Å². The molecule has 30 heavy (non-hydrogen) atoms. The van der Waals surface area contributed by atoms with Gasteiger partial charge in [-0.15, -0.1) is 10.2 Å². The number of aromatic nitrogens is 3. The highest BCUT2D eigenvalue weighted by molar-refractivity contribution is 7.98. The number of benzene rings is 2. The first-order chi connectivity index (χ1) is 14.6. The molecule has 1 amide bonds. The highest BCUT2D eigenvalue weighted by Gasteiger charge is 2.17. The normalized spacial score (nSPS) is 10.9. The van der Waals surface area contributed by atoms with Crippen molar-refractivity contribution in [2.24, 2.45) is 0 Å². The smallest absolute Gasteiger partial charge is 0.251 e. The molecule has 152 valence electrons. The third-order valence-electron chi connectivity index (χ3n) is 4.51. The zero-order valence-corrected chi connectivity index (χ0v) is 17.0. The van der Waals surface area contributed by atoms with Crippen LogP contribution in [0.1, 0.15) is 27.5 Å². The van der Waals surface area contributed by atoms with Gasteiger partial charge in [0.15, 0.2) is 5.16 Å². The van der Waals surface area contributed by atoms with Crippen molar-refractivity contribution in [2.75, 3.05) is 0 Å². The maximum atomic E-state index is 14.3. The molecule has 0 radical (unpaired) electrons. The van der Waals surface area contributed by atoms with E-state index in [0.717, 1.165) is 5.56 Å². The van der Waals surface area contributed by atoms with Crippen LogP contribution in [-0.4, -0.2) is 20.7 Å². The summed E-state index contributed by atoms with van der Waals surface area (Å²) in [4.78, 5) is 12.7. The Kier molecular flexibility index (Phi) is 5.94. The quantitative estimate of drug-likeness (QED) is 0.443. The maximum absolute atomic E-state index is 14.3. The summed E-state index contributed by atoms with van der Waals surface area (Å²) in [5.41, 5.74) is 1.82. The number of rotatable bonds is 7. The molecule has 0 saturated heterocycles. The summed E-state index contributed by atoms with van der Waals surface area (Å²) >= 11 is 1.40. The first kappa shape index (κ1) is 19.9. The predicted octanol–water partition coefficient (Wildman–Crippen LogP) is 4.53. The van der Waals surface area contributed by atoms with E-state index in [0.29, 0.717) is 40.3 Å². The lowest BCUT2D eigenvalue weighted by Crippen LogP contribution is -2.23. The SMILES string of the molecule is Cc1nnc(SCc2ccccc2C(=O)NCc2ccco2)n1-c1ccccc1F. The highest BCUT2D eigenvalue weighted by Crippen LogP contribution is 2.27. The van der Waals surface area contributed by atoms with Gasteiger partial charge in [0.1, 0.15) is 17.4 Å². The van der Waals surface area contributed by atoms with Gasteiger partial charge in [0.05, 0.1) is 18.5 Å². The number of thioether (sulfide) groups is 1. The van der Waals surface area contributed by atoms with Crippen LogP contribution in [0.25, 0.3) is 5.69 Å². The first-order valence-corrected chi connectivity index (χ1v) is 10.3. The molecule has 2 heterocycles. The molecule has 0 saturated carbocycles. The summed E-state index contributed by atoms with van der Waals surface area (Å²) in [5, 5.41) is 11.7. The fourth-order valence-corrected chi connectivity index (χ4v) is 4.03. The number of carbonyl (C=O) groups excluding carboxylic acids is 1. The second-order valence-corrected chi connectivity index (χ2v) is 7.47. The van der Waals surface area contributed by atoms with Crippen LogP contribution in [0, 0.1) is 12.7 Å². The van der Waals surface area contributed by atoms with Crippen LogP contribution < -0.4 is 5.32 Å². The van der Waals surface area contributed by atoms with Crippen molar-refractivity contribution in [3.05, 3.63) is 95.5 Å². The number of halogens is 1. The fraction of sp³-hybridized carbons (Fsp3) is 0.136. The van der Waals surface area contributed by atoms with Gasteiger partial charge in [-0.1, -0.05) is 42.1 Å². The van der Waals surface area contributed by atoms with Crippen LogP contribution in [0.4, 0.5) is 4.39 Å². The van der Waals surface area contributed by atoms with E-state index in [9.17, 15) is 9.18 Å². The predicted molar refractivity (Wildman–Crippen MR) is 112 cm³/mol. The molecule has 0 aliphatic heterocycles. The van der Waals surface area contributed by atoms with E-state index in [1.807, 2.05) is 18.2 Å². The topological polar surface area (TPSA) is 73.0 Å². The molecule has 8 heteroatoms. The van der Waals surface area contributed by atoms with Crippen LogP contribution in [0.15, 0.2) is 76.5 Å². The van der Waals surface area contributed by atoms with Crippen molar-refractivity contribution < 1.29 is 13.6 Å². The summed E-state index contributed by atoms with van der Waals surface area (Å²) in [6.45, 7) is 2.09. The Labute approximate surface area is 177 Å². The third-order valence-corrected chi connectivity index (χ3v) is 5.49. The number of para-hydroxylation sites is 1. The molecular weight excluding hydrogens is 403 g/mol. The van der Waals surface area contributed by atoms with Gasteiger partial charge in [0.2, 0.25) is 0 Å². The Morgan fingerprint density at radius 1 is 1.10 bits per heavy atom. The van der Waals surface area contributed by atoms with E-state index in [2.05, 4.69) is 15.5 Å². The number of hydrogen-bond acceptors (Lipinski definition) is 5. The van der Waals surface area contributed by atoms with Gasteiger partial charge in [-0.05, 0) is 42.8 Å². The lowest BCUT2D eigenvalue weighted by molar-refractivity contribution is 0.0947. The summed E-state index contributed by atoms with van der Waals surface area (Å²) in [5.74, 6) is 1.22. The zero-order chi connectivity index (χ0) is 20.9. The summed E-state index contributed by atoms with van der Waals surface area (Å²) in [7, 11) is 0. The Hall–Kier alpha value is -3.39. The van der Waals surface area contributed by atoms with Crippen molar-refractivity contribution in [2.45, 2.75) is 24.4 Å². The van der Waals surface area contributed by atoms with Crippen LogP contribution in [0.5, 0.6) is 0 Å². The maximum Gasteiger partial charge on any atom is 0.251 e. The summed E-state index contributed by atoms with van der Waals surface area (Å²) in [6, 6.07) is 17.5. The molecule has 0 unspecified atom stereocenters. The van der Waals surface area contributed by atoms with Crippen molar-refractivity contribution in [1.82, 2.24) is 20.1 Å². The molecule has 6 nitrogen and oxygen atoms in total. The molecule has 0 fully saturated rings. The average molecular weight is 422 g/mol. The highest BCUT2D eigenvalue weighted by atomic mass is 32.2. The van der Waals surface area contributed by atoms with Gasteiger partial charge in [-0.2, -0.15) is 0 Å². The number of carbonyl (C=O) groups is 1. The number of hydrogen-bond donors (Lipinski definition) is 1. The largest absolute Gasteiger partial charge is 0.467 e. The van der Waals surface area contributed by atoms with E-state index in [1.54, 1.807) is 54.2 Å². The van der Waals surface area contributed by atoms with Gasteiger partial charge in [-0.3, -0.25) is 9.36 Å². The number of furan rings is 1. The molecule has 2 aromatic heterocycles. The van der Waals surface area contributed by atoms with Crippen molar-refractivity contribution in [3.63, 3.8) is 0 Å². The van der Waals surface area contributed by atoms with E-state index in [1.165, 1.54) is 17.8 Å². The molecule has 4 rings (SSSR count). The Bertz CT molecular complexity index is 1160. The fourth-order valence-electron chi connectivity index (χ4n) is 3.03. The van der Waals surface area contributed by atoms with Crippen LogP contribution in [0.3, 0.4) is 0 Å². The van der Waals surface area contributed by atoms with Gasteiger partial charge in [-0.25, -0.2) is 4.39 Å². The minimum atomic E-state index is -0.347. The summed E-state index contributed by atoms with van der Waals surface area (Å²) in [6.07, 6.45) is 1.57. The Balaban J connectivity index is 1.52. The molecule has 0 aliphatic rings. The lowest BCUT2D eigenvalue weighted by atomic mass is 10.1. The molecule has 0 atom stereocenters. The molecule has 4 aromatic rings. The van der Waals surface area contributed by atoms with E-state index in [4.69, 9.17) is 4.42 Å². The van der Waals surface area contributed by atoms with Crippen molar-refractivity contribution in [3.8, 4) is 5.69 Å². The number of amides is 1. The molecule has 1 N–H and O–H groups in total. The Morgan fingerprint density at radius 3 is 2.70 bits per heavy atom. The third kappa shape index (κ3) is 4.28. The van der Waals surface area contributed by atoms with Crippen molar-refractivity contribution >= 4 is 17.7 Å². The molecule has 0 spiro atoms. The lowest BCUT2D eigenvalue weighted by Gasteiger charge is -2.11. The second kappa shape index (κ2) is 8.96. The van der Waals surface area contributed by atoms with Gasteiger partial charge >= 0.3 is 0 Å². The van der Waals surface area contributed by atoms with Gasteiger partial charge in [0, 0.05) is 11.3 Å². The minimum absolute atomic E-state index is 0.186. The number of nitrogens with one attached hydrogen (secondary N) is 1. The number of aryl methyl sites for hydroxylation is 1. The van der Waals surface area contributed by atoms with Gasteiger partial charge < -0.3 is 9.73 Å². The molecule has 0 bridgehead atoms. The molecule has 0 aliphatic carbocycles. The standard InChI is InChI=1S/C22H19FN4O2S/c1-15-25-26-22(27(15)20-11-5-4-10-19(20)23)30-14-16-7-2-3-9-18(16)21(28)24-13-17-8-6-12-29-17/h2-12H,13-14H2,1H3,(H,24,28). The van der Waals surface area contributed by atoms with Crippen molar-refractivity contribution in [1.29, 1.82) is 0 Å². The second-order valence-electron chi connectivity index (χ2n) is 6.52. The van der Waals surface area contributed by atoms with E-state index >= 15 is 0 Å². The van der Waals surface area contributed by atoms with Crippen LogP contribution in [-0.2, 0) is 12.3 Å². The average Bonchev–Trinajstić information content (AvgIpc) is 3.41. The number of nitrogens with zero attached hydrogens (tertiary/aromatic N) is 3. The molecule has 2 aromatic carbocycles. The Morgan fingerprint density at radius 2 is 1.90 bits per heavy atom. The summed E-state index contributed by atoms with van der Waals surface area (Å²) < 4.78 is 21.2. The molecular formula is C22H19FN4O2S. The minimum Gasteiger partial charge on any atom is -0.467 e. The van der Waals surface area contributed by atoms with Crippen LogP contribution in [0.2, 0.25) is 0 Å². The van der Waals surface area contributed by atoms with E-state index < -0.39 is 0 Å². The van der Waals surface area contributed by atoms with E-state index in [-0.39, 0.29) is 11.7 Å². The zero-order valence-electron chi connectivity index (χ0n) is 16.2. The monoisotopic (exact) mass is 422 g/mol.